The van der Waals surface area contributed by atoms with Gasteiger partial charge in [0.2, 0.25) is 0 Å². The molecule has 1 aliphatic rings. The molecule has 1 heterocycles. The monoisotopic (exact) mass is 239 g/mol. The third kappa shape index (κ3) is 5.58. The summed E-state index contributed by atoms with van der Waals surface area (Å²) >= 11 is 0. The van der Waals surface area contributed by atoms with E-state index in [1.165, 1.54) is 0 Å². The van der Waals surface area contributed by atoms with Gasteiger partial charge < -0.3 is 29.7 Å². The zero-order valence-electron chi connectivity index (χ0n) is 9.24. The second kappa shape index (κ2) is 7.21. The molecule has 0 aromatic rings. The minimum atomic E-state index is 0. The van der Waals surface area contributed by atoms with E-state index >= 15 is 0 Å². The fraction of sp³-hybridized carbons (Fsp3) is 0.778. The molecule has 0 atom stereocenters. The van der Waals surface area contributed by atoms with Crippen LogP contribution in [-0.2, 0) is 0 Å². The lowest BCUT2D eigenvalue weighted by Crippen LogP contribution is -3.00. The minimum Gasteiger partial charge on any atom is -1.00 e. The summed E-state index contributed by atoms with van der Waals surface area (Å²) in [6.07, 6.45) is 4.56. The van der Waals surface area contributed by atoms with E-state index in [1.807, 2.05) is 0 Å². The fourth-order valence-corrected chi connectivity index (χ4v) is 1.65. The van der Waals surface area contributed by atoms with E-state index in [1.54, 1.807) is 0 Å². The van der Waals surface area contributed by atoms with Crippen molar-refractivity contribution in [2.45, 2.75) is 0 Å². The lowest BCUT2D eigenvalue weighted by atomic mass is 10.1. The molecule has 0 saturated heterocycles. The predicted octanol–water partition coefficient (Wildman–Crippen LogP) is -6.43. The molecular formula is C9H19Cl2N3. The summed E-state index contributed by atoms with van der Waals surface area (Å²) in [7, 11) is 8.45. The molecule has 0 aliphatic carbocycles. The molecule has 1 aliphatic heterocycles. The van der Waals surface area contributed by atoms with Gasteiger partial charge in [0, 0.05) is 6.54 Å². The van der Waals surface area contributed by atoms with Crippen molar-refractivity contribution in [1.82, 2.24) is 4.90 Å². The Morgan fingerprint density at radius 2 is 1.57 bits per heavy atom. The molecule has 84 valence electrons. The number of rotatable bonds is 2. The van der Waals surface area contributed by atoms with Gasteiger partial charge in [-0.3, -0.25) is 0 Å². The molecule has 0 spiro atoms. The third-order valence-corrected chi connectivity index (χ3v) is 1.91. The van der Waals surface area contributed by atoms with Crippen LogP contribution in [0.1, 0.15) is 0 Å². The first-order valence-corrected chi connectivity index (χ1v) is 4.33. The van der Waals surface area contributed by atoms with Crippen molar-refractivity contribution in [2.75, 3.05) is 41.4 Å². The molecule has 0 fully saturated rings. The van der Waals surface area contributed by atoms with Crippen molar-refractivity contribution in [3.63, 3.8) is 0 Å². The maximum absolute atomic E-state index is 2.28. The zero-order chi connectivity index (χ0) is 9.14. The Balaban J connectivity index is 0. The minimum absolute atomic E-state index is 0. The lowest BCUT2D eigenvalue weighted by Gasteiger charge is -2.13. The van der Waals surface area contributed by atoms with Crippen molar-refractivity contribution in [2.24, 2.45) is 5.92 Å². The van der Waals surface area contributed by atoms with Crippen LogP contribution in [0, 0.1) is 5.92 Å². The number of hydrogen-bond acceptors (Lipinski definition) is 1. The van der Waals surface area contributed by atoms with Gasteiger partial charge in [-0.15, -0.1) is 0 Å². The number of halogens is 2. The molecule has 3 nitrogen and oxygen atoms in total. The van der Waals surface area contributed by atoms with Gasteiger partial charge in [0.05, 0.1) is 0 Å². The highest BCUT2D eigenvalue weighted by Gasteiger charge is 2.20. The summed E-state index contributed by atoms with van der Waals surface area (Å²) in [5.41, 5.74) is 0. The first kappa shape index (κ1) is 16.3. The van der Waals surface area contributed by atoms with Gasteiger partial charge in [0.1, 0.15) is 20.0 Å². The van der Waals surface area contributed by atoms with E-state index in [0.29, 0.717) is 5.92 Å². The Hall–Kier alpha value is -0.120. The van der Waals surface area contributed by atoms with Crippen molar-refractivity contribution in [3.8, 4) is 0 Å². The van der Waals surface area contributed by atoms with Gasteiger partial charge in [0.25, 0.3) is 0 Å². The highest BCUT2D eigenvalue weighted by molar-refractivity contribution is 5.79. The third-order valence-electron chi connectivity index (χ3n) is 1.91. The largest absolute Gasteiger partial charge is 1.00 e. The van der Waals surface area contributed by atoms with E-state index in [0.717, 1.165) is 13.2 Å². The summed E-state index contributed by atoms with van der Waals surface area (Å²) in [4.78, 5) is 2.21. The van der Waals surface area contributed by atoms with Crippen LogP contribution in [0.4, 0.5) is 0 Å². The summed E-state index contributed by atoms with van der Waals surface area (Å²) in [6.45, 7) is 2.10. The molecule has 1 rings (SSSR count). The summed E-state index contributed by atoms with van der Waals surface area (Å²) in [5, 5.41) is 0. The smallest absolute Gasteiger partial charge is 0.333 e. The summed E-state index contributed by atoms with van der Waals surface area (Å²) in [5.74, 6) is 0.559. The summed E-state index contributed by atoms with van der Waals surface area (Å²) in [6, 6.07) is 0. The first-order valence-electron chi connectivity index (χ1n) is 4.33. The second-order valence-corrected chi connectivity index (χ2v) is 3.88. The van der Waals surface area contributed by atoms with E-state index in [9.17, 15) is 0 Å². The van der Waals surface area contributed by atoms with Crippen molar-refractivity contribution >= 4 is 12.4 Å². The van der Waals surface area contributed by atoms with E-state index in [-0.39, 0.29) is 24.8 Å². The Morgan fingerprint density at radius 1 is 1.14 bits per heavy atom. The van der Waals surface area contributed by atoms with Crippen LogP contribution in [0.15, 0.2) is 0 Å². The van der Waals surface area contributed by atoms with Crippen LogP contribution in [-0.4, -0.2) is 67.9 Å². The normalized spacial score (nSPS) is 16.6. The standard InChI is InChI=1S/C9H19N3.2ClH/c1-10(2)5-9-6-11(3)8-12(4)7-9;;/h6-7,9H,5,8H2,1-4H3;2*1H/q+2;;/p-2. The van der Waals surface area contributed by atoms with Gasteiger partial charge in [-0.2, -0.15) is 9.15 Å². The molecule has 0 aromatic carbocycles. The number of hydrogen-bond donors (Lipinski definition) is 0. The lowest BCUT2D eigenvalue weighted by molar-refractivity contribution is -0.706. The summed E-state index contributed by atoms with van der Waals surface area (Å²) < 4.78 is 4.46. The van der Waals surface area contributed by atoms with E-state index in [4.69, 9.17) is 0 Å². The molecule has 0 saturated carbocycles. The van der Waals surface area contributed by atoms with E-state index < -0.39 is 0 Å². The second-order valence-electron chi connectivity index (χ2n) is 3.88. The van der Waals surface area contributed by atoms with Gasteiger partial charge in [-0.25, -0.2) is 0 Å². The average molecular weight is 240 g/mol. The van der Waals surface area contributed by atoms with Crippen LogP contribution in [0.25, 0.3) is 0 Å². The zero-order valence-corrected chi connectivity index (χ0v) is 10.8. The Labute approximate surface area is 98.9 Å². The van der Waals surface area contributed by atoms with Gasteiger partial charge in [-0.1, -0.05) is 0 Å². The topological polar surface area (TPSA) is 9.26 Å². The quantitative estimate of drug-likeness (QED) is 0.436. The molecule has 5 heteroatoms. The average Bonchev–Trinajstić information content (AvgIpc) is 1.81. The molecule has 0 N–H and O–H groups in total. The van der Waals surface area contributed by atoms with E-state index in [2.05, 4.69) is 54.7 Å². The molecule has 0 radical (unpaired) electrons. The van der Waals surface area contributed by atoms with Crippen LogP contribution >= 0.6 is 0 Å². The van der Waals surface area contributed by atoms with Gasteiger partial charge >= 0.3 is 6.67 Å². The van der Waals surface area contributed by atoms with Crippen LogP contribution in [0.2, 0.25) is 0 Å². The van der Waals surface area contributed by atoms with Crippen LogP contribution < -0.4 is 24.8 Å². The first-order chi connectivity index (χ1) is 5.58. The fourth-order valence-electron chi connectivity index (χ4n) is 1.65. The highest BCUT2D eigenvalue weighted by Crippen LogP contribution is 1.94. The molecule has 0 amide bonds. The molecule has 0 aromatic heterocycles. The Morgan fingerprint density at radius 3 is 1.93 bits per heavy atom. The predicted molar refractivity (Wildman–Crippen MR) is 51.4 cm³/mol. The van der Waals surface area contributed by atoms with Crippen molar-refractivity contribution in [1.29, 1.82) is 0 Å². The molecule has 14 heavy (non-hydrogen) atoms. The maximum Gasteiger partial charge on any atom is 0.333 e. The van der Waals surface area contributed by atoms with Crippen LogP contribution in [0.5, 0.6) is 0 Å². The SMILES string of the molecule is CN(C)CC1C=[N+](C)C[N+](C)=C1.[Cl-].[Cl-]. The molecule has 0 bridgehead atoms. The number of nitrogens with zero attached hydrogens (tertiary/aromatic N) is 3. The molecule has 0 unspecified atom stereocenters. The van der Waals surface area contributed by atoms with Crippen molar-refractivity contribution < 1.29 is 34.0 Å². The van der Waals surface area contributed by atoms with Gasteiger partial charge in [-0.05, 0) is 14.1 Å². The van der Waals surface area contributed by atoms with Crippen LogP contribution in [0.3, 0.4) is 0 Å². The highest BCUT2D eigenvalue weighted by atomic mass is 35.5. The maximum atomic E-state index is 2.28. The Bertz CT molecular complexity index is 206. The van der Waals surface area contributed by atoms with Gasteiger partial charge in [0.15, 0.2) is 12.4 Å². The Kier molecular flexibility index (Phi) is 8.40. The molecular weight excluding hydrogens is 221 g/mol. The van der Waals surface area contributed by atoms with Crippen molar-refractivity contribution in [3.05, 3.63) is 0 Å².